The predicted octanol–water partition coefficient (Wildman–Crippen LogP) is 1.78. The molecular weight excluding hydrogens is 374 g/mol. The number of carbonyl (C=O) groups is 2. The Kier molecular flexibility index (Phi) is 6.18. The number of nitrogens with zero attached hydrogens (tertiary/aromatic N) is 4. The third-order valence-corrected chi connectivity index (χ3v) is 4.11. The van der Waals surface area contributed by atoms with E-state index in [4.69, 9.17) is 4.74 Å². The van der Waals surface area contributed by atoms with Crippen molar-refractivity contribution in [2.24, 2.45) is 0 Å². The maximum Gasteiger partial charge on any atom is 0.328 e. The van der Waals surface area contributed by atoms with E-state index in [-0.39, 0.29) is 18.3 Å². The molecule has 1 heterocycles. The number of carbonyl (C=O) groups excluding carboxylic acids is 2. The van der Waals surface area contributed by atoms with Crippen molar-refractivity contribution >= 4 is 11.9 Å². The quantitative estimate of drug-likeness (QED) is 0.585. The lowest BCUT2D eigenvalue weighted by Crippen LogP contribution is -2.39. The van der Waals surface area contributed by atoms with E-state index < -0.39 is 12.0 Å². The first-order valence-corrected chi connectivity index (χ1v) is 9.10. The van der Waals surface area contributed by atoms with E-state index in [0.29, 0.717) is 17.9 Å². The molecule has 0 aliphatic carbocycles. The van der Waals surface area contributed by atoms with Crippen molar-refractivity contribution in [2.45, 2.75) is 26.4 Å². The summed E-state index contributed by atoms with van der Waals surface area (Å²) in [6.45, 7) is 3.93. The summed E-state index contributed by atoms with van der Waals surface area (Å²) < 4.78 is 4.88. The van der Waals surface area contributed by atoms with Gasteiger partial charge in [-0.2, -0.15) is 4.80 Å². The fourth-order valence-electron chi connectivity index (χ4n) is 2.57. The first kappa shape index (κ1) is 20.0. The van der Waals surface area contributed by atoms with Gasteiger partial charge in [-0.15, -0.1) is 10.2 Å². The lowest BCUT2D eigenvalue weighted by Gasteiger charge is -2.12. The molecule has 3 rings (SSSR count). The molecule has 0 radical (unpaired) electrons. The molecule has 0 saturated carbocycles. The van der Waals surface area contributed by atoms with Gasteiger partial charge in [0, 0.05) is 11.1 Å². The highest BCUT2D eigenvalue weighted by Crippen LogP contribution is 2.17. The number of benzene rings is 2. The zero-order chi connectivity index (χ0) is 20.8. The molecule has 0 aliphatic heterocycles. The Hall–Kier alpha value is -3.75. The minimum absolute atomic E-state index is 0.168. The van der Waals surface area contributed by atoms with Crippen LogP contribution in [0.25, 0.3) is 11.4 Å². The average Bonchev–Trinajstić information content (AvgIpc) is 3.17. The van der Waals surface area contributed by atoms with Gasteiger partial charge in [0.25, 0.3) is 5.91 Å². The molecule has 0 fully saturated rings. The second-order valence-corrected chi connectivity index (χ2v) is 6.33. The smallest absolute Gasteiger partial charge is 0.328 e. The summed E-state index contributed by atoms with van der Waals surface area (Å²) in [7, 11) is 0. The molecule has 0 aliphatic rings. The second-order valence-electron chi connectivity index (χ2n) is 6.33. The lowest BCUT2D eigenvalue weighted by atomic mass is 10.1. The number of hydrogen-bond donors (Lipinski definition) is 2. The molecular formula is C20H21N5O4. The van der Waals surface area contributed by atoms with Gasteiger partial charge >= 0.3 is 5.97 Å². The van der Waals surface area contributed by atoms with Crippen LogP contribution in [0.15, 0.2) is 48.5 Å². The third kappa shape index (κ3) is 5.16. The molecule has 1 aromatic heterocycles. The highest BCUT2D eigenvalue weighted by molar-refractivity contribution is 5.96. The monoisotopic (exact) mass is 395 g/mol. The SMILES string of the molecule is CCOC(=O)[C@H](C)NC(=O)c1ccc(Cn2nnc(-c3ccc(O)cc3)n2)cc1. The van der Waals surface area contributed by atoms with Crippen LogP contribution in [0, 0.1) is 0 Å². The van der Waals surface area contributed by atoms with E-state index in [0.717, 1.165) is 11.1 Å². The van der Waals surface area contributed by atoms with Gasteiger partial charge < -0.3 is 15.2 Å². The summed E-state index contributed by atoms with van der Waals surface area (Å²) in [5.41, 5.74) is 2.06. The van der Waals surface area contributed by atoms with Crippen molar-refractivity contribution in [1.29, 1.82) is 0 Å². The predicted molar refractivity (Wildman–Crippen MR) is 104 cm³/mol. The van der Waals surface area contributed by atoms with Crippen LogP contribution in [0.3, 0.4) is 0 Å². The van der Waals surface area contributed by atoms with Crippen LogP contribution in [0.4, 0.5) is 0 Å². The fourth-order valence-corrected chi connectivity index (χ4v) is 2.57. The largest absolute Gasteiger partial charge is 0.508 e. The second kappa shape index (κ2) is 8.96. The van der Waals surface area contributed by atoms with Gasteiger partial charge in [0.05, 0.1) is 13.2 Å². The Labute approximate surface area is 167 Å². The van der Waals surface area contributed by atoms with Gasteiger partial charge in [0.15, 0.2) is 0 Å². The fraction of sp³-hybridized carbons (Fsp3) is 0.250. The van der Waals surface area contributed by atoms with Gasteiger partial charge in [-0.3, -0.25) is 4.79 Å². The molecule has 0 spiro atoms. The Morgan fingerprint density at radius 2 is 1.83 bits per heavy atom. The van der Waals surface area contributed by atoms with Crippen LogP contribution in [0.1, 0.15) is 29.8 Å². The zero-order valence-electron chi connectivity index (χ0n) is 16.1. The molecule has 1 amide bonds. The van der Waals surface area contributed by atoms with Crippen molar-refractivity contribution in [1.82, 2.24) is 25.5 Å². The molecule has 2 N–H and O–H groups in total. The number of aromatic hydroxyl groups is 1. The van der Waals surface area contributed by atoms with E-state index in [2.05, 4.69) is 20.7 Å². The number of ether oxygens (including phenoxy) is 1. The van der Waals surface area contributed by atoms with Crippen molar-refractivity contribution in [3.05, 3.63) is 59.7 Å². The molecule has 2 aromatic carbocycles. The number of phenolic OH excluding ortho intramolecular Hbond substituents is 1. The molecule has 150 valence electrons. The number of esters is 1. The third-order valence-electron chi connectivity index (χ3n) is 4.11. The zero-order valence-corrected chi connectivity index (χ0v) is 16.1. The summed E-state index contributed by atoms with van der Waals surface area (Å²) in [5.74, 6) is -0.208. The van der Waals surface area contributed by atoms with Gasteiger partial charge in [-0.25, -0.2) is 4.79 Å². The number of aromatic nitrogens is 4. The molecule has 3 aromatic rings. The van der Waals surface area contributed by atoms with Crippen LogP contribution in [-0.2, 0) is 16.1 Å². The van der Waals surface area contributed by atoms with E-state index in [9.17, 15) is 14.7 Å². The Morgan fingerprint density at radius 1 is 1.14 bits per heavy atom. The number of amides is 1. The molecule has 0 saturated heterocycles. The minimum atomic E-state index is -0.722. The summed E-state index contributed by atoms with van der Waals surface area (Å²) in [4.78, 5) is 25.3. The van der Waals surface area contributed by atoms with Crippen LogP contribution < -0.4 is 5.32 Å². The molecule has 9 heteroatoms. The highest BCUT2D eigenvalue weighted by Gasteiger charge is 2.17. The average molecular weight is 395 g/mol. The van der Waals surface area contributed by atoms with Crippen molar-refractivity contribution in [2.75, 3.05) is 6.61 Å². The molecule has 0 unspecified atom stereocenters. The Balaban J connectivity index is 1.61. The minimum Gasteiger partial charge on any atom is -0.508 e. The van der Waals surface area contributed by atoms with Gasteiger partial charge in [0.2, 0.25) is 5.82 Å². The summed E-state index contributed by atoms with van der Waals surface area (Å²) in [6, 6.07) is 12.7. The topological polar surface area (TPSA) is 119 Å². The van der Waals surface area contributed by atoms with Gasteiger partial charge in [-0.1, -0.05) is 12.1 Å². The normalized spacial score (nSPS) is 11.7. The number of phenols is 1. The Bertz CT molecular complexity index is 983. The van der Waals surface area contributed by atoms with Crippen molar-refractivity contribution in [3.8, 4) is 17.1 Å². The van der Waals surface area contributed by atoms with Crippen LogP contribution in [0.5, 0.6) is 5.75 Å². The maximum atomic E-state index is 12.2. The summed E-state index contributed by atoms with van der Waals surface area (Å²) in [5, 5.41) is 24.3. The number of rotatable bonds is 7. The van der Waals surface area contributed by atoms with Crippen LogP contribution in [-0.4, -0.2) is 49.8 Å². The first-order valence-electron chi connectivity index (χ1n) is 9.10. The van der Waals surface area contributed by atoms with E-state index >= 15 is 0 Å². The molecule has 9 nitrogen and oxygen atoms in total. The number of tetrazole rings is 1. The van der Waals surface area contributed by atoms with Crippen molar-refractivity contribution in [3.63, 3.8) is 0 Å². The van der Waals surface area contributed by atoms with Crippen LogP contribution >= 0.6 is 0 Å². The standard InChI is InChI=1S/C20H21N5O4/c1-3-29-20(28)13(2)21-19(27)16-6-4-14(5-7-16)12-25-23-18(22-24-25)15-8-10-17(26)11-9-15/h4-11,13,26H,3,12H2,1-2H3,(H,21,27)/t13-/m0/s1. The summed E-state index contributed by atoms with van der Waals surface area (Å²) in [6.07, 6.45) is 0. The highest BCUT2D eigenvalue weighted by atomic mass is 16.5. The van der Waals surface area contributed by atoms with E-state index in [1.165, 1.54) is 4.80 Å². The number of nitrogens with one attached hydrogen (secondary N) is 1. The molecule has 0 bridgehead atoms. The number of hydrogen-bond acceptors (Lipinski definition) is 7. The lowest BCUT2D eigenvalue weighted by molar-refractivity contribution is -0.144. The first-order chi connectivity index (χ1) is 14.0. The van der Waals surface area contributed by atoms with E-state index in [1.807, 2.05) is 0 Å². The molecule has 1 atom stereocenters. The maximum absolute atomic E-state index is 12.2. The van der Waals surface area contributed by atoms with Gasteiger partial charge in [0.1, 0.15) is 11.8 Å². The van der Waals surface area contributed by atoms with Crippen molar-refractivity contribution < 1.29 is 19.4 Å². The van der Waals surface area contributed by atoms with Crippen LogP contribution in [0.2, 0.25) is 0 Å². The van der Waals surface area contributed by atoms with E-state index in [1.54, 1.807) is 62.4 Å². The molecule has 29 heavy (non-hydrogen) atoms. The summed E-state index contributed by atoms with van der Waals surface area (Å²) >= 11 is 0. The van der Waals surface area contributed by atoms with Gasteiger partial charge in [-0.05, 0) is 61.0 Å². The Morgan fingerprint density at radius 3 is 2.48 bits per heavy atom.